The van der Waals surface area contributed by atoms with Gasteiger partial charge in [-0.15, -0.1) is 0 Å². The van der Waals surface area contributed by atoms with Gasteiger partial charge < -0.3 is 138 Å². The third-order valence-corrected chi connectivity index (χ3v) is 20.2. The van der Waals surface area contributed by atoms with Gasteiger partial charge in [0, 0.05) is 12.8 Å². The van der Waals surface area contributed by atoms with Crippen molar-refractivity contribution in [2.24, 2.45) is 0 Å². The van der Waals surface area contributed by atoms with Crippen LogP contribution in [0.3, 0.4) is 0 Å². The topological polar surface area (TPSA) is 447 Å². The summed E-state index contributed by atoms with van der Waals surface area (Å²) in [5.41, 5.74) is 0. The average molecular weight is 1420 g/mol. The summed E-state index contributed by atoms with van der Waals surface area (Å²) in [6.45, 7) is 8.84. The Balaban J connectivity index is 0.938. The van der Waals surface area contributed by atoms with E-state index >= 15 is 0 Å². The van der Waals surface area contributed by atoms with Crippen molar-refractivity contribution in [1.82, 2.24) is 0 Å². The third kappa shape index (κ3) is 23.2. The molecule has 7 aliphatic rings. The fourth-order valence-corrected chi connectivity index (χ4v) is 13.8. The average Bonchev–Trinajstić information content (AvgIpc) is 0.781. The van der Waals surface area contributed by atoms with E-state index in [2.05, 4.69) is 13.8 Å². The lowest BCUT2D eigenvalue weighted by molar-refractivity contribution is -0.393. The molecule has 572 valence electrons. The van der Waals surface area contributed by atoms with Gasteiger partial charge in [-0.3, -0.25) is 9.59 Å². The van der Waals surface area contributed by atoms with Crippen molar-refractivity contribution in [3.8, 4) is 0 Å². The summed E-state index contributed by atoms with van der Waals surface area (Å²) in [4.78, 5) is 26.6. The van der Waals surface area contributed by atoms with Crippen LogP contribution >= 0.6 is 0 Å². The van der Waals surface area contributed by atoms with Crippen LogP contribution in [0.4, 0.5) is 0 Å². The lowest BCUT2D eigenvalue weighted by Gasteiger charge is -2.49. The maximum absolute atomic E-state index is 13.4. The minimum Gasteiger partial charge on any atom is -0.463 e. The Morgan fingerprint density at radius 3 is 1.54 bits per heavy atom. The van der Waals surface area contributed by atoms with Crippen molar-refractivity contribution in [3.63, 3.8) is 0 Å². The Morgan fingerprint density at radius 1 is 0.439 bits per heavy atom. The number of esters is 2. The van der Waals surface area contributed by atoms with Gasteiger partial charge >= 0.3 is 11.9 Å². The molecule has 7 rings (SSSR count). The van der Waals surface area contributed by atoms with Crippen LogP contribution in [0.15, 0.2) is 0 Å². The second-order valence-electron chi connectivity index (χ2n) is 28.1. The first-order chi connectivity index (χ1) is 46.9. The maximum atomic E-state index is 13.4. The number of unbranched alkanes of at least 4 members (excludes halogenated alkanes) is 10. The minimum absolute atomic E-state index is 0.00519. The van der Waals surface area contributed by atoms with Gasteiger partial charge in [0.05, 0.1) is 43.2 Å². The van der Waals surface area contributed by atoms with E-state index in [1.807, 2.05) is 0 Å². The van der Waals surface area contributed by atoms with Gasteiger partial charge in [0.15, 0.2) is 43.8 Å². The highest BCUT2D eigenvalue weighted by Crippen LogP contribution is 2.38. The Kier molecular flexibility index (Phi) is 35.3. The van der Waals surface area contributed by atoms with Crippen LogP contribution in [0.25, 0.3) is 0 Å². The van der Waals surface area contributed by atoms with Gasteiger partial charge in [-0.25, -0.2) is 0 Å². The Hall–Kier alpha value is -2.10. The molecule has 7 fully saturated rings. The number of hydrogen-bond acceptors (Lipinski definition) is 30. The lowest BCUT2D eigenvalue weighted by Crippen LogP contribution is -2.66. The monoisotopic (exact) mass is 1420 g/mol. The van der Waals surface area contributed by atoms with Gasteiger partial charge in [0.2, 0.25) is 0 Å². The van der Waals surface area contributed by atoms with Crippen molar-refractivity contribution in [1.29, 1.82) is 0 Å². The van der Waals surface area contributed by atoms with Gasteiger partial charge in [-0.05, 0) is 66.2 Å². The fraction of sp³-hybridized carbons (Fsp3) is 0.971. The van der Waals surface area contributed by atoms with Crippen LogP contribution in [0.2, 0.25) is 0 Å². The number of fused-ring (bicyclic) bond motifs is 3. The van der Waals surface area contributed by atoms with E-state index < -0.39 is 215 Å². The second kappa shape index (κ2) is 41.6. The summed E-state index contributed by atoms with van der Waals surface area (Å²) >= 11 is 0. The molecule has 7 heterocycles. The molecule has 0 aromatic rings. The van der Waals surface area contributed by atoms with Crippen LogP contribution in [-0.4, -0.2) is 293 Å². The van der Waals surface area contributed by atoms with Crippen LogP contribution in [0.5, 0.6) is 0 Å². The predicted octanol–water partition coefficient (Wildman–Crippen LogP) is 1.06. The van der Waals surface area contributed by atoms with Gasteiger partial charge in [-0.1, -0.05) is 129 Å². The molecule has 30 heteroatoms. The maximum Gasteiger partial charge on any atom is 0.306 e. The van der Waals surface area contributed by atoms with E-state index in [-0.39, 0.29) is 18.9 Å². The zero-order valence-electron chi connectivity index (χ0n) is 58.1. The molecule has 7 aliphatic heterocycles. The highest BCUT2D eigenvalue weighted by atomic mass is 16.8. The molecule has 0 amide bonds. The first kappa shape index (κ1) is 83.2. The lowest BCUT2D eigenvalue weighted by atomic mass is 9.96. The first-order valence-electron chi connectivity index (χ1n) is 36.6. The Bertz CT molecular complexity index is 2250. The third-order valence-electron chi connectivity index (χ3n) is 20.2. The molecule has 30 nitrogen and oxygen atoms in total. The molecule has 98 heavy (non-hydrogen) atoms. The molecule has 0 aromatic heterocycles. The molecule has 32 atom stereocenters. The van der Waals surface area contributed by atoms with E-state index in [0.29, 0.717) is 44.9 Å². The molecule has 0 bridgehead atoms. The number of hydrogen-bond donors (Lipinski definition) is 14. The number of aliphatic hydroxyl groups is 14. The van der Waals surface area contributed by atoms with Crippen LogP contribution in [-0.2, 0) is 75.9 Å². The van der Waals surface area contributed by atoms with Crippen molar-refractivity contribution in [3.05, 3.63) is 0 Å². The highest BCUT2D eigenvalue weighted by Gasteiger charge is 2.57. The van der Waals surface area contributed by atoms with Crippen molar-refractivity contribution >= 4 is 11.9 Å². The zero-order valence-corrected chi connectivity index (χ0v) is 58.1. The predicted molar refractivity (Wildman–Crippen MR) is 341 cm³/mol. The standard InChI is InChI=1S/C68H120O30/c1-7-9-21-27-39(90-64-59(53(80)47(74)36(4)87-64)97-67-61(55(82)49(76)41(33-69)92-67)95-63-57(84)51(78)45(72)35(3)86-63)29-23-17-13-11-15-19-25-31-43(70)85-34-42-50(77)56(83)62-68(93-42)98-60-54(81)48(75)37(5)88-65(60)91-40(28-22-10-8-2)30-24-18-14-12-16-20-26-32-44(71)94-58-52(79)46(73)38(6)89-66(58)96-62/h35-42,45-69,72-84H,7-34H2,1-6H3/t35-,36-,37-,38-,39+,40+,41-,42-,45-,46-,47+,48+,49-,50-,51+,52+,53+,54+,55+,56+,57-,58-,59-,60-,61-,62-,63+,64+,65+,66+,67+,68+/m1/s1. The molecular weight excluding hydrogens is 1300 g/mol. The van der Waals surface area contributed by atoms with Gasteiger partial charge in [0.25, 0.3) is 0 Å². The molecule has 14 N–H and O–H groups in total. The second-order valence-corrected chi connectivity index (χ2v) is 28.1. The summed E-state index contributed by atoms with van der Waals surface area (Å²) in [6, 6.07) is 0. The van der Waals surface area contributed by atoms with Gasteiger partial charge in [-0.2, -0.15) is 0 Å². The Morgan fingerprint density at radius 2 is 0.908 bits per heavy atom. The summed E-state index contributed by atoms with van der Waals surface area (Å²) in [7, 11) is 0. The van der Waals surface area contributed by atoms with Crippen molar-refractivity contribution in [2.75, 3.05) is 13.2 Å². The largest absolute Gasteiger partial charge is 0.463 e. The molecule has 0 radical (unpaired) electrons. The molecule has 0 saturated carbocycles. The molecule has 0 aromatic carbocycles. The first-order valence-corrected chi connectivity index (χ1v) is 36.6. The normalized spacial score (nSPS) is 43.3. The van der Waals surface area contributed by atoms with E-state index in [0.717, 1.165) is 109 Å². The number of ether oxygens (including phenoxy) is 14. The summed E-state index contributed by atoms with van der Waals surface area (Å²) < 4.78 is 85.6. The fourth-order valence-electron chi connectivity index (χ4n) is 13.8. The number of aliphatic hydroxyl groups excluding tert-OH is 14. The number of carbonyl (C=O) groups is 2. The minimum atomic E-state index is -1.91. The summed E-state index contributed by atoms with van der Waals surface area (Å²) in [5.74, 6) is -1.30. The number of carbonyl (C=O) groups excluding carboxylic acids is 2. The van der Waals surface area contributed by atoms with E-state index in [9.17, 15) is 81.1 Å². The van der Waals surface area contributed by atoms with Crippen LogP contribution in [0, 0.1) is 0 Å². The van der Waals surface area contributed by atoms with Gasteiger partial charge in [0.1, 0.15) is 123 Å². The molecule has 0 unspecified atom stereocenters. The van der Waals surface area contributed by atoms with E-state index in [1.165, 1.54) is 13.8 Å². The summed E-state index contributed by atoms with van der Waals surface area (Å²) in [6.07, 6.45) is -27.9. The zero-order chi connectivity index (χ0) is 71.3. The highest BCUT2D eigenvalue weighted by molar-refractivity contribution is 5.69. The van der Waals surface area contributed by atoms with Crippen LogP contribution in [0.1, 0.15) is 208 Å². The SMILES string of the molecule is CCCCC[C@@H](CCCCCCCCCC(=O)OC[C@H]1O[C@H]2O[C@H]3[C@H](O[C@@H](CCCCC)CCCCCCCCCC(=O)O[C@H]4[C@H](O[C@@H]2[C@@H](O)[C@@H]1O)O[C@H](C)[C@@H](O)[C@@H]4O)O[C@H](C)[C@H](O)[C@@H]3O)O[C@@H]1O[C@H](C)[C@H](O)[C@H](O)[C@H]1O[C@@H]1O[C@H](CO)[C@@H](O)[C@H](O)[C@H]1O[C@@H]1O[C@H](C)[C@@H](O)[C@H](O)[C@H]1O. The molecule has 7 saturated heterocycles. The Labute approximate surface area is 575 Å². The van der Waals surface area contributed by atoms with Crippen molar-refractivity contribution < 1.29 is 147 Å². The van der Waals surface area contributed by atoms with Crippen LogP contribution < -0.4 is 0 Å². The summed E-state index contributed by atoms with van der Waals surface area (Å²) in [5, 5.41) is 155. The number of rotatable bonds is 27. The molecular formula is C68H120O30. The van der Waals surface area contributed by atoms with E-state index in [4.69, 9.17) is 66.3 Å². The smallest absolute Gasteiger partial charge is 0.306 e. The quantitative estimate of drug-likeness (QED) is 0.0404. The molecule has 0 spiro atoms. The van der Waals surface area contributed by atoms with E-state index in [1.54, 1.807) is 13.8 Å². The molecule has 0 aliphatic carbocycles. The van der Waals surface area contributed by atoms with Crippen molar-refractivity contribution in [2.45, 2.75) is 405 Å².